The molecule has 0 spiro atoms. The second kappa shape index (κ2) is 6.83. The third-order valence-electron chi connectivity index (χ3n) is 3.44. The Bertz CT molecular complexity index is 347. The quantitative estimate of drug-likeness (QED) is 0.831. The van der Waals surface area contributed by atoms with Crippen LogP contribution in [0.2, 0.25) is 0 Å². The molecule has 1 atom stereocenters. The van der Waals surface area contributed by atoms with E-state index in [0.29, 0.717) is 12.6 Å². The monoisotopic (exact) mass is 249 g/mol. The highest BCUT2D eigenvalue weighted by molar-refractivity contribution is 5.13. The maximum atomic E-state index is 5.68. The zero-order valence-corrected chi connectivity index (χ0v) is 11.1. The van der Waals surface area contributed by atoms with E-state index >= 15 is 0 Å². The topological polar surface area (TPSA) is 51.4 Å². The van der Waals surface area contributed by atoms with Crippen molar-refractivity contribution in [2.24, 2.45) is 5.73 Å². The summed E-state index contributed by atoms with van der Waals surface area (Å²) >= 11 is 0. The Morgan fingerprint density at radius 1 is 1.50 bits per heavy atom. The highest BCUT2D eigenvalue weighted by Crippen LogP contribution is 2.14. The van der Waals surface area contributed by atoms with Gasteiger partial charge >= 0.3 is 0 Å². The van der Waals surface area contributed by atoms with E-state index in [1.807, 2.05) is 6.20 Å². The summed E-state index contributed by atoms with van der Waals surface area (Å²) in [6, 6.07) is 4.13. The van der Waals surface area contributed by atoms with Gasteiger partial charge in [-0.3, -0.25) is 9.88 Å². The van der Waals surface area contributed by atoms with Crippen molar-refractivity contribution in [2.45, 2.75) is 39.0 Å². The van der Waals surface area contributed by atoms with Crippen LogP contribution in [0.15, 0.2) is 18.3 Å². The minimum Gasteiger partial charge on any atom is -0.377 e. The molecule has 1 aliphatic heterocycles. The second-order valence-electron chi connectivity index (χ2n) is 4.82. The molecule has 1 aromatic rings. The summed E-state index contributed by atoms with van der Waals surface area (Å²) in [4.78, 5) is 6.84. The lowest BCUT2D eigenvalue weighted by Gasteiger charge is -2.23. The maximum absolute atomic E-state index is 5.68. The molecule has 4 nitrogen and oxygen atoms in total. The lowest BCUT2D eigenvalue weighted by Crippen LogP contribution is -2.31. The highest BCUT2D eigenvalue weighted by Gasteiger charge is 2.18. The maximum Gasteiger partial charge on any atom is 0.0702 e. The third-order valence-corrected chi connectivity index (χ3v) is 3.44. The van der Waals surface area contributed by atoms with Gasteiger partial charge in [-0.05, 0) is 31.0 Å². The first kappa shape index (κ1) is 13.5. The van der Waals surface area contributed by atoms with Crippen molar-refractivity contribution >= 4 is 0 Å². The van der Waals surface area contributed by atoms with E-state index < -0.39 is 0 Å². The summed E-state index contributed by atoms with van der Waals surface area (Å²) < 4.78 is 5.68. The van der Waals surface area contributed by atoms with Gasteiger partial charge in [0.2, 0.25) is 0 Å². The number of aromatic nitrogens is 1. The molecule has 1 saturated heterocycles. The van der Waals surface area contributed by atoms with Gasteiger partial charge in [0.1, 0.15) is 0 Å². The lowest BCUT2D eigenvalue weighted by atomic mass is 10.2. The minimum absolute atomic E-state index is 0.410. The summed E-state index contributed by atoms with van der Waals surface area (Å²) in [6.45, 7) is 6.59. The number of hydrogen-bond donors (Lipinski definition) is 1. The highest BCUT2D eigenvalue weighted by atomic mass is 16.5. The van der Waals surface area contributed by atoms with Gasteiger partial charge in [-0.2, -0.15) is 0 Å². The van der Waals surface area contributed by atoms with Gasteiger partial charge in [-0.1, -0.05) is 13.0 Å². The molecule has 1 fully saturated rings. The Hall–Kier alpha value is -0.970. The first-order valence-corrected chi connectivity index (χ1v) is 6.79. The Kier molecular flexibility index (Phi) is 5.11. The SMILES string of the molecule is CCN(Cc1ccc(CN)cn1)CC1CCCO1. The van der Waals surface area contributed by atoms with Crippen molar-refractivity contribution in [3.63, 3.8) is 0 Å². The smallest absolute Gasteiger partial charge is 0.0702 e. The Labute approximate surface area is 109 Å². The average molecular weight is 249 g/mol. The van der Waals surface area contributed by atoms with Crippen LogP contribution in [0, 0.1) is 0 Å². The number of rotatable bonds is 6. The molecule has 0 bridgehead atoms. The predicted octanol–water partition coefficient (Wildman–Crippen LogP) is 1.54. The van der Waals surface area contributed by atoms with Gasteiger partial charge in [0.25, 0.3) is 0 Å². The average Bonchev–Trinajstić information content (AvgIpc) is 2.91. The van der Waals surface area contributed by atoms with Gasteiger partial charge in [0, 0.05) is 32.4 Å². The summed E-state index contributed by atoms with van der Waals surface area (Å²) in [6.07, 6.45) is 4.67. The first-order chi connectivity index (χ1) is 8.81. The van der Waals surface area contributed by atoms with Crippen molar-refractivity contribution in [3.05, 3.63) is 29.6 Å². The number of likely N-dealkylation sites (N-methyl/N-ethyl adjacent to an activating group) is 1. The van der Waals surface area contributed by atoms with Crippen LogP contribution in [0.3, 0.4) is 0 Å². The van der Waals surface area contributed by atoms with Crippen molar-refractivity contribution in [1.82, 2.24) is 9.88 Å². The van der Waals surface area contributed by atoms with Crippen LogP contribution in [0.4, 0.5) is 0 Å². The molecule has 2 rings (SSSR count). The van der Waals surface area contributed by atoms with Crippen LogP contribution in [0.1, 0.15) is 31.0 Å². The Balaban J connectivity index is 1.87. The van der Waals surface area contributed by atoms with Gasteiger partial charge in [-0.25, -0.2) is 0 Å². The number of nitrogens with zero attached hydrogens (tertiary/aromatic N) is 2. The van der Waals surface area contributed by atoms with Crippen LogP contribution in [-0.2, 0) is 17.8 Å². The fraction of sp³-hybridized carbons (Fsp3) is 0.643. The molecule has 18 heavy (non-hydrogen) atoms. The van der Waals surface area contributed by atoms with Crippen molar-refractivity contribution in [1.29, 1.82) is 0 Å². The number of nitrogens with two attached hydrogens (primary N) is 1. The number of ether oxygens (including phenoxy) is 1. The molecule has 0 radical (unpaired) electrons. The minimum atomic E-state index is 0.410. The van der Waals surface area contributed by atoms with Gasteiger partial charge in [0.05, 0.1) is 11.8 Å². The zero-order valence-electron chi connectivity index (χ0n) is 11.1. The molecular weight excluding hydrogens is 226 g/mol. The molecule has 0 saturated carbocycles. The molecular formula is C14H23N3O. The van der Waals surface area contributed by atoms with E-state index in [0.717, 1.165) is 37.5 Å². The summed E-state index contributed by atoms with van der Waals surface area (Å²) in [7, 11) is 0. The third kappa shape index (κ3) is 3.77. The molecule has 1 unspecified atom stereocenters. The van der Waals surface area contributed by atoms with Crippen LogP contribution < -0.4 is 5.73 Å². The molecule has 4 heteroatoms. The standard InChI is InChI=1S/C14H23N3O/c1-2-17(11-14-4-3-7-18-14)10-13-6-5-12(8-15)9-16-13/h5-6,9,14H,2-4,7-8,10-11,15H2,1H3. The zero-order chi connectivity index (χ0) is 12.8. The molecule has 1 aromatic heterocycles. The predicted molar refractivity (Wildman–Crippen MR) is 72.1 cm³/mol. The molecule has 1 aliphatic rings. The van der Waals surface area contributed by atoms with E-state index in [9.17, 15) is 0 Å². The number of hydrogen-bond acceptors (Lipinski definition) is 4. The van der Waals surface area contributed by atoms with E-state index in [-0.39, 0.29) is 0 Å². The number of pyridine rings is 1. The first-order valence-electron chi connectivity index (χ1n) is 6.79. The summed E-state index contributed by atoms with van der Waals surface area (Å²) in [5.74, 6) is 0. The normalized spacial score (nSPS) is 19.6. The Morgan fingerprint density at radius 3 is 2.94 bits per heavy atom. The molecule has 0 aliphatic carbocycles. The van der Waals surface area contributed by atoms with Gasteiger partial charge in [-0.15, -0.1) is 0 Å². The van der Waals surface area contributed by atoms with Gasteiger partial charge in [0.15, 0.2) is 0 Å². The summed E-state index contributed by atoms with van der Waals surface area (Å²) in [5, 5.41) is 0. The molecule has 100 valence electrons. The largest absolute Gasteiger partial charge is 0.377 e. The van der Waals surface area contributed by atoms with E-state index in [1.165, 1.54) is 12.8 Å². The van der Waals surface area contributed by atoms with E-state index in [2.05, 4.69) is 28.9 Å². The van der Waals surface area contributed by atoms with Crippen LogP contribution in [0.5, 0.6) is 0 Å². The van der Waals surface area contributed by atoms with Crippen LogP contribution >= 0.6 is 0 Å². The molecule has 0 aromatic carbocycles. The van der Waals surface area contributed by atoms with Gasteiger partial charge < -0.3 is 10.5 Å². The van der Waals surface area contributed by atoms with Crippen molar-refractivity contribution < 1.29 is 4.74 Å². The van der Waals surface area contributed by atoms with Crippen molar-refractivity contribution in [2.75, 3.05) is 19.7 Å². The second-order valence-corrected chi connectivity index (χ2v) is 4.82. The lowest BCUT2D eigenvalue weighted by molar-refractivity contribution is 0.0721. The van der Waals surface area contributed by atoms with E-state index in [1.54, 1.807) is 0 Å². The van der Waals surface area contributed by atoms with Crippen LogP contribution in [0.25, 0.3) is 0 Å². The molecule has 2 N–H and O–H groups in total. The van der Waals surface area contributed by atoms with Crippen molar-refractivity contribution in [3.8, 4) is 0 Å². The summed E-state index contributed by atoms with van der Waals surface area (Å²) in [5.41, 5.74) is 7.76. The fourth-order valence-corrected chi connectivity index (χ4v) is 2.28. The molecule has 2 heterocycles. The fourth-order valence-electron chi connectivity index (χ4n) is 2.28. The molecule has 0 amide bonds. The van der Waals surface area contributed by atoms with Crippen LogP contribution in [-0.4, -0.2) is 35.7 Å². The Morgan fingerprint density at radius 2 is 2.39 bits per heavy atom. The van der Waals surface area contributed by atoms with E-state index in [4.69, 9.17) is 10.5 Å².